The van der Waals surface area contributed by atoms with Gasteiger partial charge in [-0.2, -0.15) is 8.42 Å². The van der Waals surface area contributed by atoms with E-state index >= 15 is 0 Å². The van der Waals surface area contributed by atoms with Crippen molar-refractivity contribution in [2.24, 2.45) is 0 Å². The lowest BCUT2D eigenvalue weighted by Gasteiger charge is -2.17. The number of esters is 2. The Morgan fingerprint density at radius 1 is 0.694 bits per heavy atom. The highest BCUT2D eigenvalue weighted by atomic mass is 32.2. The first-order valence-corrected chi connectivity index (χ1v) is 15.4. The zero-order valence-electron chi connectivity index (χ0n) is 22.4. The van der Waals surface area contributed by atoms with Crippen LogP contribution in [0, 0.1) is 0 Å². The van der Waals surface area contributed by atoms with Crippen molar-refractivity contribution in [3.63, 3.8) is 0 Å². The van der Waals surface area contributed by atoms with Gasteiger partial charge in [0.1, 0.15) is 6.04 Å². The second-order valence-corrected chi connectivity index (χ2v) is 10.8. The second-order valence-electron chi connectivity index (χ2n) is 9.39. The average molecular weight is 536 g/mol. The predicted octanol–water partition coefficient (Wildman–Crippen LogP) is 5.12. The number of unbranched alkanes of at least 4 members (excludes halogenated alkanes) is 14. The van der Waals surface area contributed by atoms with Crippen LogP contribution < -0.4 is 5.32 Å². The molecule has 0 aliphatic rings. The van der Waals surface area contributed by atoms with Gasteiger partial charge >= 0.3 is 11.9 Å². The molecule has 1 atom stereocenters. The van der Waals surface area contributed by atoms with E-state index in [0.29, 0.717) is 12.8 Å². The first-order valence-electron chi connectivity index (χ1n) is 13.8. The van der Waals surface area contributed by atoms with E-state index in [0.717, 1.165) is 38.5 Å². The van der Waals surface area contributed by atoms with Crippen LogP contribution in [0.15, 0.2) is 0 Å². The number of nitrogens with one attached hydrogen (secondary N) is 1. The van der Waals surface area contributed by atoms with Crippen LogP contribution in [-0.4, -0.2) is 55.8 Å². The van der Waals surface area contributed by atoms with Crippen molar-refractivity contribution >= 4 is 28.0 Å². The van der Waals surface area contributed by atoms with Crippen molar-refractivity contribution in [1.29, 1.82) is 0 Å². The highest BCUT2D eigenvalue weighted by Gasteiger charge is 2.27. The summed E-state index contributed by atoms with van der Waals surface area (Å²) in [5.74, 6) is -3.81. The molecule has 0 rings (SSSR count). The first-order chi connectivity index (χ1) is 17.2. The minimum absolute atomic E-state index is 0.145. The Morgan fingerprint density at radius 2 is 1.11 bits per heavy atom. The lowest BCUT2D eigenvalue weighted by atomic mass is 10.1. The van der Waals surface area contributed by atoms with Gasteiger partial charge in [-0.3, -0.25) is 14.1 Å². The maximum absolute atomic E-state index is 12.5. The van der Waals surface area contributed by atoms with E-state index < -0.39 is 46.2 Å². The molecule has 9 nitrogen and oxygen atoms in total. The Hall–Kier alpha value is -1.68. The Balaban J connectivity index is 4.39. The number of ether oxygens (including phenoxy) is 2. The van der Waals surface area contributed by atoms with Crippen LogP contribution in [0.2, 0.25) is 0 Å². The van der Waals surface area contributed by atoms with Crippen LogP contribution in [0.25, 0.3) is 0 Å². The van der Waals surface area contributed by atoms with E-state index in [4.69, 9.17) is 14.0 Å². The van der Waals surface area contributed by atoms with Crippen molar-refractivity contribution in [2.75, 3.05) is 19.0 Å². The van der Waals surface area contributed by atoms with Gasteiger partial charge in [-0.15, -0.1) is 0 Å². The average Bonchev–Trinajstić information content (AvgIpc) is 2.80. The molecule has 0 aliphatic carbocycles. The fourth-order valence-corrected chi connectivity index (χ4v) is 4.17. The largest absolute Gasteiger partial charge is 0.466 e. The van der Waals surface area contributed by atoms with Crippen molar-refractivity contribution in [1.82, 2.24) is 5.32 Å². The van der Waals surface area contributed by atoms with E-state index in [2.05, 4.69) is 19.2 Å². The SMILES string of the molecule is CCCCCCCCCCOC(=O)CC(NC(=O)CS(=O)(=O)O)C(=O)OCCCCCCCCCC. The molecule has 10 heteroatoms. The summed E-state index contributed by atoms with van der Waals surface area (Å²) in [7, 11) is -4.57. The zero-order valence-corrected chi connectivity index (χ0v) is 23.2. The molecule has 0 saturated heterocycles. The van der Waals surface area contributed by atoms with Gasteiger partial charge in [0.2, 0.25) is 5.91 Å². The lowest BCUT2D eigenvalue weighted by molar-refractivity contribution is -0.153. The van der Waals surface area contributed by atoms with Crippen LogP contribution in [-0.2, 0) is 34.0 Å². The molecule has 0 heterocycles. The van der Waals surface area contributed by atoms with Gasteiger partial charge < -0.3 is 14.8 Å². The lowest BCUT2D eigenvalue weighted by Crippen LogP contribution is -2.45. The fraction of sp³-hybridized carbons (Fsp3) is 0.885. The minimum atomic E-state index is -4.57. The third kappa shape index (κ3) is 22.8. The zero-order chi connectivity index (χ0) is 27.1. The topological polar surface area (TPSA) is 136 Å². The summed E-state index contributed by atoms with van der Waals surface area (Å²) >= 11 is 0. The van der Waals surface area contributed by atoms with Crippen molar-refractivity contribution in [3.05, 3.63) is 0 Å². The molecular formula is C26H49NO8S. The van der Waals surface area contributed by atoms with E-state index in [1.54, 1.807) is 0 Å². The summed E-state index contributed by atoms with van der Waals surface area (Å²) in [6.07, 6.45) is 16.9. The van der Waals surface area contributed by atoms with E-state index in [1.807, 2.05) is 0 Å². The molecule has 0 saturated carbocycles. The van der Waals surface area contributed by atoms with Gasteiger partial charge in [0.15, 0.2) is 5.75 Å². The third-order valence-electron chi connectivity index (χ3n) is 5.81. The number of carbonyl (C=O) groups is 3. The summed E-state index contributed by atoms with van der Waals surface area (Å²) in [6.45, 7) is 4.71. The number of rotatable bonds is 24. The van der Waals surface area contributed by atoms with Crippen LogP contribution in [0.4, 0.5) is 0 Å². The molecule has 1 unspecified atom stereocenters. The van der Waals surface area contributed by atoms with Crippen LogP contribution in [0.1, 0.15) is 123 Å². The van der Waals surface area contributed by atoms with Crippen LogP contribution >= 0.6 is 0 Å². The summed E-state index contributed by atoms with van der Waals surface area (Å²) < 4.78 is 41.2. The van der Waals surface area contributed by atoms with Gasteiger partial charge in [-0.05, 0) is 12.8 Å². The third-order valence-corrected chi connectivity index (χ3v) is 6.43. The van der Waals surface area contributed by atoms with Crippen molar-refractivity contribution < 1.29 is 36.8 Å². The molecule has 0 fully saturated rings. The van der Waals surface area contributed by atoms with Gasteiger partial charge in [0.25, 0.3) is 10.1 Å². The number of amides is 1. The van der Waals surface area contributed by atoms with Gasteiger partial charge in [0.05, 0.1) is 19.6 Å². The van der Waals surface area contributed by atoms with Crippen molar-refractivity contribution in [3.8, 4) is 0 Å². The number of hydrogen-bond donors (Lipinski definition) is 2. The van der Waals surface area contributed by atoms with Crippen LogP contribution in [0.5, 0.6) is 0 Å². The van der Waals surface area contributed by atoms with Gasteiger partial charge in [-0.1, -0.05) is 104 Å². The molecule has 0 aromatic rings. The van der Waals surface area contributed by atoms with E-state index in [-0.39, 0.29) is 13.2 Å². The highest BCUT2D eigenvalue weighted by Crippen LogP contribution is 2.10. The first kappa shape index (κ1) is 34.3. The quantitative estimate of drug-likeness (QED) is 0.0987. The maximum atomic E-state index is 12.5. The molecular weight excluding hydrogens is 486 g/mol. The molecule has 0 bridgehead atoms. The summed E-state index contributed by atoms with van der Waals surface area (Å²) in [5, 5.41) is 2.17. The normalized spacial score (nSPS) is 12.2. The second kappa shape index (κ2) is 22.5. The minimum Gasteiger partial charge on any atom is -0.466 e. The Labute approximate surface area is 218 Å². The van der Waals surface area contributed by atoms with Crippen LogP contribution in [0.3, 0.4) is 0 Å². The Bertz CT molecular complexity index is 696. The predicted molar refractivity (Wildman–Crippen MR) is 140 cm³/mol. The number of carbonyl (C=O) groups excluding carboxylic acids is 3. The Kier molecular flexibility index (Phi) is 21.5. The molecule has 1 amide bonds. The summed E-state index contributed by atoms with van der Waals surface area (Å²) in [6, 6.07) is -1.38. The Morgan fingerprint density at radius 3 is 1.56 bits per heavy atom. The van der Waals surface area contributed by atoms with E-state index in [9.17, 15) is 22.8 Å². The fourth-order valence-electron chi connectivity index (χ4n) is 3.75. The molecule has 36 heavy (non-hydrogen) atoms. The number of hydrogen-bond acceptors (Lipinski definition) is 7. The molecule has 212 valence electrons. The van der Waals surface area contributed by atoms with Crippen molar-refractivity contribution in [2.45, 2.75) is 129 Å². The summed E-state index contributed by atoms with van der Waals surface area (Å²) in [5.41, 5.74) is 0. The highest BCUT2D eigenvalue weighted by molar-refractivity contribution is 7.86. The standard InChI is InChI=1S/C26H49NO8S/c1-3-5-7-9-11-13-15-17-19-34-25(29)21-23(27-24(28)22-36(31,32)33)26(30)35-20-18-16-14-12-10-8-6-4-2/h23H,3-22H2,1-2H3,(H,27,28)(H,31,32,33). The molecule has 0 aliphatic heterocycles. The maximum Gasteiger partial charge on any atom is 0.329 e. The van der Waals surface area contributed by atoms with Gasteiger partial charge in [-0.25, -0.2) is 4.79 Å². The molecule has 2 N–H and O–H groups in total. The summed E-state index contributed by atoms with van der Waals surface area (Å²) in [4.78, 5) is 36.6. The smallest absolute Gasteiger partial charge is 0.329 e. The molecule has 0 aromatic heterocycles. The molecule has 0 aromatic carbocycles. The molecule has 0 radical (unpaired) electrons. The monoisotopic (exact) mass is 535 g/mol. The molecule has 0 spiro atoms. The van der Waals surface area contributed by atoms with Gasteiger partial charge in [0, 0.05) is 0 Å². The van der Waals surface area contributed by atoms with E-state index in [1.165, 1.54) is 51.4 Å².